The largest absolute Gasteiger partial charge is 0.335 e. The third-order valence-corrected chi connectivity index (χ3v) is 4.75. The molecule has 2 atom stereocenters. The minimum absolute atomic E-state index is 0.0177. The molecule has 20 heavy (non-hydrogen) atoms. The van der Waals surface area contributed by atoms with E-state index in [-0.39, 0.29) is 22.6 Å². The number of nitrogens with zero attached hydrogens (tertiary/aromatic N) is 1. The van der Waals surface area contributed by atoms with Crippen LogP contribution in [-0.4, -0.2) is 23.4 Å². The number of hydrogen-bond donors (Lipinski definition) is 0. The minimum Gasteiger partial charge on any atom is -0.335 e. The summed E-state index contributed by atoms with van der Waals surface area (Å²) in [5.74, 6) is -0.361. The molecule has 3 heteroatoms. The van der Waals surface area contributed by atoms with E-state index in [1.807, 2.05) is 4.90 Å². The molecule has 1 aromatic rings. The van der Waals surface area contributed by atoms with Crippen LogP contribution in [0.4, 0.5) is 4.39 Å². The molecule has 2 bridgehead atoms. The number of amides is 1. The van der Waals surface area contributed by atoms with Gasteiger partial charge in [-0.2, -0.15) is 0 Å². The molecule has 2 nitrogen and oxygen atoms in total. The van der Waals surface area contributed by atoms with Gasteiger partial charge in [0.15, 0.2) is 0 Å². The Kier molecular flexibility index (Phi) is 2.93. The second-order valence-corrected chi connectivity index (χ2v) is 7.66. The first kappa shape index (κ1) is 13.6. The van der Waals surface area contributed by atoms with Crippen LogP contribution < -0.4 is 0 Å². The molecule has 1 aliphatic carbocycles. The topological polar surface area (TPSA) is 20.3 Å². The van der Waals surface area contributed by atoms with Crippen LogP contribution in [0.15, 0.2) is 24.3 Å². The average Bonchev–Trinajstić information content (AvgIpc) is 2.57. The summed E-state index contributed by atoms with van der Waals surface area (Å²) < 4.78 is 13.3. The molecular formula is C17H22FNO. The maximum atomic E-state index is 13.3. The van der Waals surface area contributed by atoms with Crippen molar-refractivity contribution >= 4 is 5.91 Å². The Balaban J connectivity index is 1.87. The van der Waals surface area contributed by atoms with Gasteiger partial charge < -0.3 is 4.90 Å². The average molecular weight is 275 g/mol. The van der Waals surface area contributed by atoms with Gasteiger partial charge in [0.05, 0.1) is 0 Å². The maximum Gasteiger partial charge on any atom is 0.254 e. The molecule has 0 aromatic heterocycles. The van der Waals surface area contributed by atoms with Crippen LogP contribution in [0, 0.1) is 16.6 Å². The molecule has 1 aliphatic heterocycles. The monoisotopic (exact) mass is 275 g/mol. The summed E-state index contributed by atoms with van der Waals surface area (Å²) in [6, 6.07) is 6.35. The zero-order valence-electron chi connectivity index (χ0n) is 12.4. The second kappa shape index (κ2) is 4.31. The van der Waals surface area contributed by atoms with E-state index < -0.39 is 0 Å². The fourth-order valence-corrected chi connectivity index (χ4v) is 4.48. The van der Waals surface area contributed by atoms with Crippen LogP contribution >= 0.6 is 0 Å². The van der Waals surface area contributed by atoms with E-state index in [9.17, 15) is 9.18 Å². The maximum absolute atomic E-state index is 13.3. The summed E-state index contributed by atoms with van der Waals surface area (Å²) in [7, 11) is 0. The first-order valence-electron chi connectivity index (χ1n) is 7.35. The van der Waals surface area contributed by atoms with Gasteiger partial charge in [-0.15, -0.1) is 0 Å². The van der Waals surface area contributed by atoms with Gasteiger partial charge in [0.2, 0.25) is 0 Å². The van der Waals surface area contributed by atoms with E-state index in [2.05, 4.69) is 20.8 Å². The number of carbonyl (C=O) groups excluding carboxylic acids is 1. The summed E-state index contributed by atoms with van der Waals surface area (Å²) in [5, 5.41) is 0. The number of likely N-dealkylation sites (tertiary alicyclic amines) is 1. The van der Waals surface area contributed by atoms with Crippen molar-refractivity contribution in [2.24, 2.45) is 10.8 Å². The molecule has 0 N–H and O–H groups in total. The Morgan fingerprint density at radius 2 is 2.05 bits per heavy atom. The summed E-state index contributed by atoms with van der Waals surface area (Å²) in [5.41, 5.74) is 0.975. The lowest BCUT2D eigenvalue weighted by molar-refractivity contribution is 0.0707. The molecule has 1 heterocycles. The number of halogens is 1. The highest BCUT2D eigenvalue weighted by atomic mass is 19.1. The van der Waals surface area contributed by atoms with Gasteiger partial charge in [-0.3, -0.25) is 4.79 Å². The van der Waals surface area contributed by atoms with E-state index in [1.165, 1.54) is 12.1 Å². The Morgan fingerprint density at radius 1 is 1.30 bits per heavy atom. The highest BCUT2D eigenvalue weighted by Crippen LogP contribution is 2.52. The van der Waals surface area contributed by atoms with Gasteiger partial charge in [-0.05, 0) is 48.3 Å². The predicted octanol–water partition coefficient (Wildman–Crippen LogP) is 3.87. The fraction of sp³-hybridized carbons (Fsp3) is 0.588. The molecule has 0 unspecified atom stereocenters. The zero-order valence-corrected chi connectivity index (χ0v) is 12.4. The Bertz CT molecular complexity index is 554. The molecule has 1 amide bonds. The van der Waals surface area contributed by atoms with Gasteiger partial charge >= 0.3 is 0 Å². The van der Waals surface area contributed by atoms with Gasteiger partial charge in [-0.25, -0.2) is 4.39 Å². The highest BCUT2D eigenvalue weighted by Gasteiger charge is 2.50. The van der Waals surface area contributed by atoms with Gasteiger partial charge in [0.25, 0.3) is 5.91 Å². The van der Waals surface area contributed by atoms with Crippen LogP contribution in [0.1, 0.15) is 50.4 Å². The molecule has 1 saturated carbocycles. The molecule has 2 fully saturated rings. The molecule has 1 aromatic carbocycles. The number of hydrogen-bond acceptors (Lipinski definition) is 1. The SMILES string of the molecule is CC1(C)C[C@H]2C[C@@](C)(CN2C(=O)c2cccc(F)c2)C1. The van der Waals surface area contributed by atoms with Crippen molar-refractivity contribution in [3.63, 3.8) is 0 Å². The van der Waals surface area contributed by atoms with Crippen molar-refractivity contribution in [3.05, 3.63) is 35.6 Å². The molecule has 2 aliphatic rings. The van der Waals surface area contributed by atoms with Crippen LogP contribution in [0.2, 0.25) is 0 Å². The first-order chi connectivity index (χ1) is 9.28. The zero-order chi connectivity index (χ0) is 14.5. The lowest BCUT2D eigenvalue weighted by Crippen LogP contribution is -2.37. The Hall–Kier alpha value is -1.38. The molecule has 3 rings (SSSR count). The molecule has 0 spiro atoms. The number of carbonyl (C=O) groups is 1. The lowest BCUT2D eigenvalue weighted by Gasteiger charge is -2.39. The van der Waals surface area contributed by atoms with Crippen molar-refractivity contribution in [3.8, 4) is 0 Å². The van der Waals surface area contributed by atoms with Crippen molar-refractivity contribution in [2.75, 3.05) is 6.54 Å². The Morgan fingerprint density at radius 3 is 2.75 bits per heavy atom. The normalized spacial score (nSPS) is 31.4. The van der Waals surface area contributed by atoms with Crippen molar-refractivity contribution in [1.29, 1.82) is 0 Å². The number of rotatable bonds is 1. The summed E-state index contributed by atoms with van der Waals surface area (Å²) in [6.07, 6.45) is 3.28. The molecule has 1 saturated heterocycles. The fourth-order valence-electron chi connectivity index (χ4n) is 4.48. The van der Waals surface area contributed by atoms with Gasteiger partial charge in [-0.1, -0.05) is 26.8 Å². The van der Waals surface area contributed by atoms with E-state index in [0.29, 0.717) is 11.6 Å². The van der Waals surface area contributed by atoms with Crippen molar-refractivity contribution in [1.82, 2.24) is 4.90 Å². The molecular weight excluding hydrogens is 253 g/mol. The van der Waals surface area contributed by atoms with E-state index >= 15 is 0 Å². The third-order valence-electron chi connectivity index (χ3n) is 4.75. The minimum atomic E-state index is -0.343. The third kappa shape index (κ3) is 2.34. The van der Waals surface area contributed by atoms with Crippen LogP contribution in [0.3, 0.4) is 0 Å². The van der Waals surface area contributed by atoms with Gasteiger partial charge in [0, 0.05) is 18.2 Å². The second-order valence-electron chi connectivity index (χ2n) is 7.66. The first-order valence-corrected chi connectivity index (χ1v) is 7.35. The standard InChI is InChI=1S/C17H22FNO/c1-16(2)8-14-9-17(3,10-16)11-19(14)15(20)12-5-4-6-13(18)7-12/h4-7,14H,8-11H2,1-3H3/t14-,17+/m0/s1. The summed E-state index contributed by atoms with van der Waals surface area (Å²) >= 11 is 0. The van der Waals surface area contributed by atoms with E-state index in [0.717, 1.165) is 25.8 Å². The summed E-state index contributed by atoms with van der Waals surface area (Å²) in [4.78, 5) is 14.6. The lowest BCUT2D eigenvalue weighted by atomic mass is 9.65. The van der Waals surface area contributed by atoms with Gasteiger partial charge in [0.1, 0.15) is 5.82 Å². The van der Waals surface area contributed by atoms with E-state index in [4.69, 9.17) is 0 Å². The quantitative estimate of drug-likeness (QED) is 0.762. The van der Waals surface area contributed by atoms with Crippen molar-refractivity contribution < 1.29 is 9.18 Å². The smallest absolute Gasteiger partial charge is 0.254 e. The molecule has 0 radical (unpaired) electrons. The summed E-state index contributed by atoms with van der Waals surface area (Å²) in [6.45, 7) is 7.65. The number of fused-ring (bicyclic) bond motifs is 2. The van der Waals surface area contributed by atoms with Crippen molar-refractivity contribution in [2.45, 2.75) is 46.1 Å². The van der Waals surface area contributed by atoms with E-state index in [1.54, 1.807) is 12.1 Å². The van der Waals surface area contributed by atoms with Crippen LogP contribution in [-0.2, 0) is 0 Å². The predicted molar refractivity (Wildman–Crippen MR) is 77.0 cm³/mol. The number of benzene rings is 1. The Labute approximate surface area is 120 Å². The van der Waals surface area contributed by atoms with Crippen LogP contribution in [0.5, 0.6) is 0 Å². The highest BCUT2D eigenvalue weighted by molar-refractivity contribution is 5.94. The molecule has 108 valence electrons. The van der Waals surface area contributed by atoms with Crippen LogP contribution in [0.25, 0.3) is 0 Å².